The molecule has 1 aliphatic rings. The Kier molecular flexibility index (Phi) is 4.57. The van der Waals surface area contributed by atoms with Gasteiger partial charge >= 0.3 is 5.97 Å². The van der Waals surface area contributed by atoms with Crippen molar-refractivity contribution in [3.8, 4) is 17.2 Å². The second kappa shape index (κ2) is 6.79. The molecule has 0 fully saturated rings. The molecule has 0 unspecified atom stereocenters. The highest BCUT2D eigenvalue weighted by Crippen LogP contribution is 2.39. The summed E-state index contributed by atoms with van der Waals surface area (Å²) in [4.78, 5) is 12.0. The Balaban J connectivity index is 1.62. The number of carbonyl (C=O) groups is 1. The third-order valence-corrected chi connectivity index (χ3v) is 3.69. The van der Waals surface area contributed by atoms with Crippen molar-refractivity contribution in [2.24, 2.45) is 0 Å². The van der Waals surface area contributed by atoms with E-state index in [0.717, 1.165) is 11.1 Å². The molecule has 0 radical (unpaired) electrons. The van der Waals surface area contributed by atoms with Crippen molar-refractivity contribution in [1.29, 1.82) is 0 Å². The van der Waals surface area contributed by atoms with Crippen LogP contribution in [0, 0.1) is 0 Å². The highest BCUT2D eigenvalue weighted by atomic mass is 35.5. The Labute approximate surface area is 138 Å². The van der Waals surface area contributed by atoms with Gasteiger partial charge in [-0.3, -0.25) is 4.79 Å². The number of ether oxygens (including phenoxy) is 4. The Morgan fingerprint density at radius 2 is 2.09 bits per heavy atom. The fourth-order valence-electron chi connectivity index (χ4n) is 2.32. The van der Waals surface area contributed by atoms with E-state index in [2.05, 4.69) is 0 Å². The van der Waals surface area contributed by atoms with Gasteiger partial charge in [-0.2, -0.15) is 0 Å². The summed E-state index contributed by atoms with van der Waals surface area (Å²) in [5.74, 6) is 1.41. The SMILES string of the molecule is COc1ccccc1CC(=O)OCc1cc(Cl)c2c(c1)OCO2. The zero-order valence-corrected chi connectivity index (χ0v) is 13.3. The largest absolute Gasteiger partial charge is 0.496 e. The van der Waals surface area contributed by atoms with E-state index in [1.807, 2.05) is 18.2 Å². The number of rotatable bonds is 5. The van der Waals surface area contributed by atoms with Gasteiger partial charge in [0.2, 0.25) is 6.79 Å². The maximum atomic E-state index is 12.0. The highest BCUT2D eigenvalue weighted by Gasteiger charge is 2.19. The first-order chi connectivity index (χ1) is 11.2. The summed E-state index contributed by atoms with van der Waals surface area (Å²) < 4.78 is 21.0. The summed E-state index contributed by atoms with van der Waals surface area (Å²) in [6.07, 6.45) is 0.141. The lowest BCUT2D eigenvalue weighted by molar-refractivity contribution is -0.144. The molecule has 0 amide bonds. The van der Waals surface area contributed by atoms with Crippen LogP contribution in [0.15, 0.2) is 36.4 Å². The fourth-order valence-corrected chi connectivity index (χ4v) is 2.61. The van der Waals surface area contributed by atoms with Crippen LogP contribution in [0.1, 0.15) is 11.1 Å². The van der Waals surface area contributed by atoms with E-state index in [0.29, 0.717) is 22.3 Å². The molecule has 5 nitrogen and oxygen atoms in total. The third-order valence-electron chi connectivity index (χ3n) is 3.41. The molecule has 0 atom stereocenters. The first-order valence-electron chi connectivity index (χ1n) is 7.03. The number of esters is 1. The molecule has 23 heavy (non-hydrogen) atoms. The van der Waals surface area contributed by atoms with Crippen LogP contribution < -0.4 is 14.2 Å². The summed E-state index contributed by atoms with van der Waals surface area (Å²) in [5.41, 5.74) is 1.52. The minimum atomic E-state index is -0.344. The normalized spacial score (nSPS) is 12.1. The third kappa shape index (κ3) is 3.51. The number of benzene rings is 2. The molecule has 120 valence electrons. The molecule has 0 aromatic heterocycles. The maximum Gasteiger partial charge on any atom is 0.310 e. The maximum absolute atomic E-state index is 12.0. The lowest BCUT2D eigenvalue weighted by Crippen LogP contribution is -2.09. The Bertz CT molecular complexity index is 729. The predicted molar refractivity (Wildman–Crippen MR) is 84.1 cm³/mol. The number of fused-ring (bicyclic) bond motifs is 1. The van der Waals surface area contributed by atoms with Crippen LogP contribution in [0.2, 0.25) is 5.02 Å². The molecule has 1 aliphatic heterocycles. The molecule has 0 N–H and O–H groups in total. The van der Waals surface area contributed by atoms with Crippen molar-refractivity contribution in [2.45, 2.75) is 13.0 Å². The number of carbonyl (C=O) groups excluding carboxylic acids is 1. The van der Waals surface area contributed by atoms with Crippen molar-refractivity contribution < 1.29 is 23.7 Å². The number of halogens is 1. The van der Waals surface area contributed by atoms with Crippen LogP contribution in [-0.2, 0) is 22.6 Å². The lowest BCUT2D eigenvalue weighted by atomic mass is 10.1. The molecule has 0 saturated carbocycles. The standard InChI is InChI=1S/C17H15ClO5/c1-20-14-5-3-2-4-12(14)8-16(19)21-9-11-6-13(18)17-15(7-11)22-10-23-17/h2-7H,8-10H2,1H3. The van der Waals surface area contributed by atoms with Gasteiger partial charge in [0.1, 0.15) is 12.4 Å². The van der Waals surface area contributed by atoms with Gasteiger partial charge in [0, 0.05) is 5.56 Å². The summed E-state index contributed by atoms with van der Waals surface area (Å²) in [6, 6.07) is 10.8. The van der Waals surface area contributed by atoms with E-state index >= 15 is 0 Å². The van der Waals surface area contributed by atoms with Crippen LogP contribution in [0.3, 0.4) is 0 Å². The number of para-hydroxylation sites is 1. The van der Waals surface area contributed by atoms with Crippen molar-refractivity contribution in [3.63, 3.8) is 0 Å². The summed E-state index contributed by atoms with van der Waals surface area (Å²) >= 11 is 6.10. The summed E-state index contributed by atoms with van der Waals surface area (Å²) in [5, 5.41) is 0.441. The topological polar surface area (TPSA) is 54.0 Å². The molecule has 2 aromatic carbocycles. The zero-order chi connectivity index (χ0) is 16.2. The Hall–Kier alpha value is -2.40. The summed E-state index contributed by atoms with van der Waals surface area (Å²) in [7, 11) is 1.57. The van der Waals surface area contributed by atoms with E-state index in [4.69, 9.17) is 30.5 Å². The summed E-state index contributed by atoms with van der Waals surface area (Å²) in [6.45, 7) is 0.260. The number of hydrogen-bond acceptors (Lipinski definition) is 5. The van der Waals surface area contributed by atoms with Gasteiger partial charge in [0.15, 0.2) is 11.5 Å². The van der Waals surface area contributed by atoms with Gasteiger partial charge in [-0.15, -0.1) is 0 Å². The van der Waals surface area contributed by atoms with E-state index in [1.165, 1.54) is 0 Å². The predicted octanol–water partition coefficient (Wildman–Crippen LogP) is 3.36. The first-order valence-corrected chi connectivity index (χ1v) is 7.40. The molecular weight excluding hydrogens is 320 g/mol. The first kappa shape index (κ1) is 15.5. The van der Waals surface area contributed by atoms with Crippen LogP contribution in [0.4, 0.5) is 0 Å². The van der Waals surface area contributed by atoms with Gasteiger partial charge in [-0.1, -0.05) is 29.8 Å². The highest BCUT2D eigenvalue weighted by molar-refractivity contribution is 6.32. The van der Waals surface area contributed by atoms with E-state index in [1.54, 1.807) is 25.3 Å². The van der Waals surface area contributed by atoms with Crippen LogP contribution in [0.5, 0.6) is 17.2 Å². The van der Waals surface area contributed by atoms with E-state index in [9.17, 15) is 4.79 Å². The smallest absolute Gasteiger partial charge is 0.310 e. The van der Waals surface area contributed by atoms with Crippen molar-refractivity contribution >= 4 is 17.6 Å². The quantitative estimate of drug-likeness (QED) is 0.785. The molecular formula is C17H15ClO5. The van der Waals surface area contributed by atoms with Crippen molar-refractivity contribution in [1.82, 2.24) is 0 Å². The second-order valence-electron chi connectivity index (χ2n) is 4.96. The molecule has 3 rings (SSSR count). The van der Waals surface area contributed by atoms with Gasteiger partial charge in [-0.05, 0) is 23.8 Å². The second-order valence-corrected chi connectivity index (χ2v) is 5.37. The molecule has 2 aromatic rings. The lowest BCUT2D eigenvalue weighted by Gasteiger charge is -2.09. The number of hydrogen-bond donors (Lipinski definition) is 0. The van der Waals surface area contributed by atoms with Gasteiger partial charge in [0.05, 0.1) is 18.6 Å². The molecule has 0 saturated heterocycles. The molecule has 0 spiro atoms. The minimum absolute atomic E-state index is 0.115. The minimum Gasteiger partial charge on any atom is -0.496 e. The van der Waals surface area contributed by atoms with Crippen molar-refractivity contribution in [3.05, 3.63) is 52.5 Å². The zero-order valence-electron chi connectivity index (χ0n) is 12.5. The van der Waals surface area contributed by atoms with Crippen LogP contribution in [0.25, 0.3) is 0 Å². The molecule has 6 heteroatoms. The van der Waals surface area contributed by atoms with Crippen LogP contribution in [-0.4, -0.2) is 19.9 Å². The molecule has 0 bridgehead atoms. The van der Waals surface area contributed by atoms with Gasteiger partial charge in [-0.25, -0.2) is 0 Å². The average Bonchev–Trinajstić information content (AvgIpc) is 3.02. The van der Waals surface area contributed by atoms with Gasteiger partial charge < -0.3 is 18.9 Å². The fraction of sp³-hybridized carbons (Fsp3) is 0.235. The monoisotopic (exact) mass is 334 g/mol. The molecule has 1 heterocycles. The van der Waals surface area contributed by atoms with E-state index < -0.39 is 0 Å². The van der Waals surface area contributed by atoms with Crippen LogP contribution >= 0.6 is 11.6 Å². The molecule has 0 aliphatic carbocycles. The van der Waals surface area contributed by atoms with Gasteiger partial charge in [0.25, 0.3) is 0 Å². The van der Waals surface area contributed by atoms with Crippen molar-refractivity contribution in [2.75, 3.05) is 13.9 Å². The Morgan fingerprint density at radius 3 is 2.91 bits per heavy atom. The number of methoxy groups -OCH3 is 1. The Morgan fingerprint density at radius 1 is 1.26 bits per heavy atom. The van der Waals surface area contributed by atoms with E-state index in [-0.39, 0.29) is 25.8 Å². The average molecular weight is 335 g/mol.